The average molecular weight is 253 g/mol. The van der Waals surface area contributed by atoms with Gasteiger partial charge in [-0.05, 0) is 31.5 Å². The molecule has 84 valence electrons. The van der Waals surface area contributed by atoms with Crippen molar-refractivity contribution in [1.82, 2.24) is 0 Å². The molecule has 2 rings (SSSR count). The summed E-state index contributed by atoms with van der Waals surface area (Å²) in [5.74, 6) is 0. The Bertz CT molecular complexity index is 485. The molecule has 16 heavy (non-hydrogen) atoms. The number of thiophene rings is 1. The monoisotopic (exact) mass is 252 g/mol. The van der Waals surface area contributed by atoms with E-state index in [1.807, 2.05) is 43.3 Å². The van der Waals surface area contributed by atoms with Crippen LogP contribution in [0.15, 0.2) is 36.4 Å². The molecule has 0 amide bonds. The molecule has 0 saturated heterocycles. The Morgan fingerprint density at radius 3 is 2.25 bits per heavy atom. The van der Waals surface area contributed by atoms with Gasteiger partial charge >= 0.3 is 0 Å². The SMILES string of the molecule is Cc1ccc(C(C)(O)c2ccc(Cl)s2)cc1. The van der Waals surface area contributed by atoms with Gasteiger partial charge in [-0.15, -0.1) is 11.3 Å². The summed E-state index contributed by atoms with van der Waals surface area (Å²) in [6.45, 7) is 3.82. The third-order valence-electron chi connectivity index (χ3n) is 2.67. The lowest BCUT2D eigenvalue weighted by molar-refractivity contribution is 0.106. The molecule has 0 aliphatic rings. The standard InChI is InChI=1S/C13H13ClOS/c1-9-3-5-10(6-4-9)13(2,15)11-7-8-12(14)16-11/h3-8,15H,1-2H3. The summed E-state index contributed by atoms with van der Waals surface area (Å²) in [5.41, 5.74) is 1.10. The zero-order chi connectivity index (χ0) is 11.8. The molecular weight excluding hydrogens is 240 g/mol. The van der Waals surface area contributed by atoms with E-state index in [-0.39, 0.29) is 0 Å². The Morgan fingerprint density at radius 1 is 1.12 bits per heavy atom. The van der Waals surface area contributed by atoms with E-state index in [9.17, 15) is 5.11 Å². The minimum atomic E-state index is -0.967. The number of aliphatic hydroxyl groups is 1. The van der Waals surface area contributed by atoms with Gasteiger partial charge < -0.3 is 5.11 Å². The van der Waals surface area contributed by atoms with Crippen LogP contribution in [0.3, 0.4) is 0 Å². The van der Waals surface area contributed by atoms with Crippen molar-refractivity contribution in [3.63, 3.8) is 0 Å². The van der Waals surface area contributed by atoms with Gasteiger partial charge in [0.05, 0.1) is 4.34 Å². The van der Waals surface area contributed by atoms with Crippen LogP contribution in [0.25, 0.3) is 0 Å². The molecule has 1 heterocycles. The Balaban J connectivity index is 2.42. The lowest BCUT2D eigenvalue weighted by atomic mass is 9.94. The largest absolute Gasteiger partial charge is 0.380 e. The molecule has 0 aliphatic carbocycles. The minimum Gasteiger partial charge on any atom is -0.380 e. The Hall–Kier alpha value is -0.830. The lowest BCUT2D eigenvalue weighted by Gasteiger charge is -2.22. The number of hydrogen-bond acceptors (Lipinski definition) is 2. The first-order chi connectivity index (χ1) is 7.50. The predicted molar refractivity (Wildman–Crippen MR) is 69.2 cm³/mol. The number of hydrogen-bond donors (Lipinski definition) is 1. The van der Waals surface area contributed by atoms with Crippen LogP contribution >= 0.6 is 22.9 Å². The number of rotatable bonds is 2. The Morgan fingerprint density at radius 2 is 1.75 bits per heavy atom. The van der Waals surface area contributed by atoms with Crippen molar-refractivity contribution in [1.29, 1.82) is 0 Å². The number of benzene rings is 1. The zero-order valence-corrected chi connectivity index (χ0v) is 10.8. The highest BCUT2D eigenvalue weighted by atomic mass is 35.5. The summed E-state index contributed by atoms with van der Waals surface area (Å²) in [7, 11) is 0. The second-order valence-corrected chi connectivity index (χ2v) is 5.76. The predicted octanol–water partition coefficient (Wildman–Crippen LogP) is 3.97. The van der Waals surface area contributed by atoms with Gasteiger partial charge in [0.2, 0.25) is 0 Å². The number of aryl methyl sites for hydroxylation is 1. The van der Waals surface area contributed by atoms with E-state index >= 15 is 0 Å². The normalized spacial score (nSPS) is 14.8. The van der Waals surface area contributed by atoms with E-state index in [1.165, 1.54) is 16.9 Å². The molecule has 1 aromatic carbocycles. The van der Waals surface area contributed by atoms with Gasteiger partial charge in [0.1, 0.15) is 5.60 Å². The molecule has 0 aliphatic heterocycles. The van der Waals surface area contributed by atoms with Gasteiger partial charge in [-0.3, -0.25) is 0 Å². The van der Waals surface area contributed by atoms with Gasteiger partial charge in [0.25, 0.3) is 0 Å². The van der Waals surface area contributed by atoms with Crippen LogP contribution in [0.1, 0.15) is 22.9 Å². The molecular formula is C13H13ClOS. The second kappa shape index (κ2) is 4.21. The minimum absolute atomic E-state index is 0.697. The van der Waals surface area contributed by atoms with Crippen LogP contribution in [-0.2, 0) is 5.60 Å². The van der Waals surface area contributed by atoms with E-state index < -0.39 is 5.60 Å². The molecule has 1 nitrogen and oxygen atoms in total. The Kier molecular flexibility index (Phi) is 3.06. The first-order valence-electron chi connectivity index (χ1n) is 5.05. The van der Waals surface area contributed by atoms with Crippen molar-refractivity contribution in [2.45, 2.75) is 19.4 Å². The first-order valence-corrected chi connectivity index (χ1v) is 6.25. The van der Waals surface area contributed by atoms with E-state index in [2.05, 4.69) is 0 Å². The summed E-state index contributed by atoms with van der Waals surface area (Å²) >= 11 is 7.30. The van der Waals surface area contributed by atoms with Gasteiger partial charge in [-0.2, -0.15) is 0 Å². The molecule has 1 atom stereocenters. The van der Waals surface area contributed by atoms with Crippen molar-refractivity contribution in [3.8, 4) is 0 Å². The molecule has 0 saturated carbocycles. The fourth-order valence-corrected chi connectivity index (χ4v) is 2.71. The molecule has 3 heteroatoms. The molecule has 1 unspecified atom stereocenters. The second-order valence-electron chi connectivity index (χ2n) is 4.04. The third-order valence-corrected chi connectivity index (χ3v) is 4.11. The van der Waals surface area contributed by atoms with Crippen molar-refractivity contribution in [2.24, 2.45) is 0 Å². The van der Waals surface area contributed by atoms with Crippen LogP contribution < -0.4 is 0 Å². The Labute approximate surface area is 104 Å². The fraction of sp³-hybridized carbons (Fsp3) is 0.231. The van der Waals surface area contributed by atoms with Gasteiger partial charge in [-0.1, -0.05) is 41.4 Å². The summed E-state index contributed by atoms with van der Waals surface area (Å²) in [4.78, 5) is 0.862. The molecule has 1 N–H and O–H groups in total. The molecule has 0 fully saturated rings. The molecule has 0 radical (unpaired) electrons. The third kappa shape index (κ3) is 2.14. The van der Waals surface area contributed by atoms with Crippen LogP contribution in [-0.4, -0.2) is 5.11 Å². The zero-order valence-electron chi connectivity index (χ0n) is 9.20. The van der Waals surface area contributed by atoms with Crippen LogP contribution in [0.4, 0.5) is 0 Å². The highest BCUT2D eigenvalue weighted by molar-refractivity contribution is 7.16. The molecule has 2 aromatic rings. The summed E-state index contributed by atoms with van der Waals surface area (Å²) in [6, 6.07) is 11.6. The van der Waals surface area contributed by atoms with Gasteiger partial charge in [0.15, 0.2) is 0 Å². The van der Waals surface area contributed by atoms with E-state index in [0.29, 0.717) is 4.34 Å². The molecule has 0 bridgehead atoms. The quantitative estimate of drug-likeness (QED) is 0.858. The average Bonchev–Trinajstić information content (AvgIpc) is 2.66. The van der Waals surface area contributed by atoms with Crippen molar-refractivity contribution >= 4 is 22.9 Å². The van der Waals surface area contributed by atoms with E-state index in [0.717, 1.165) is 10.4 Å². The maximum atomic E-state index is 10.5. The fourth-order valence-electron chi connectivity index (χ4n) is 1.60. The maximum Gasteiger partial charge on any atom is 0.121 e. The van der Waals surface area contributed by atoms with Gasteiger partial charge in [0, 0.05) is 4.88 Å². The van der Waals surface area contributed by atoms with Crippen molar-refractivity contribution in [3.05, 3.63) is 56.7 Å². The van der Waals surface area contributed by atoms with E-state index in [4.69, 9.17) is 11.6 Å². The summed E-state index contributed by atoms with van der Waals surface area (Å²) in [5, 5.41) is 10.5. The van der Waals surface area contributed by atoms with Gasteiger partial charge in [-0.25, -0.2) is 0 Å². The highest BCUT2D eigenvalue weighted by Crippen LogP contribution is 2.35. The summed E-state index contributed by atoms with van der Waals surface area (Å²) in [6.07, 6.45) is 0. The maximum absolute atomic E-state index is 10.5. The topological polar surface area (TPSA) is 20.2 Å². The molecule has 1 aromatic heterocycles. The van der Waals surface area contributed by atoms with Crippen LogP contribution in [0, 0.1) is 6.92 Å². The molecule has 0 spiro atoms. The van der Waals surface area contributed by atoms with Crippen LogP contribution in [0.2, 0.25) is 4.34 Å². The first kappa shape index (κ1) is 11.6. The number of halogens is 1. The van der Waals surface area contributed by atoms with Crippen LogP contribution in [0.5, 0.6) is 0 Å². The highest BCUT2D eigenvalue weighted by Gasteiger charge is 2.27. The smallest absolute Gasteiger partial charge is 0.121 e. The van der Waals surface area contributed by atoms with E-state index in [1.54, 1.807) is 6.92 Å². The lowest BCUT2D eigenvalue weighted by Crippen LogP contribution is -2.21. The van der Waals surface area contributed by atoms with Crippen molar-refractivity contribution < 1.29 is 5.11 Å². The van der Waals surface area contributed by atoms with Crippen molar-refractivity contribution in [2.75, 3.05) is 0 Å². The summed E-state index contributed by atoms with van der Waals surface area (Å²) < 4.78 is 0.697.